The van der Waals surface area contributed by atoms with Gasteiger partial charge in [0.15, 0.2) is 9.84 Å². The summed E-state index contributed by atoms with van der Waals surface area (Å²) in [5.74, 6) is 0.500. The van der Waals surface area contributed by atoms with E-state index in [1.165, 1.54) is 0 Å². The molecule has 7 heteroatoms. The smallest absolute Gasteiger partial charge is 0.317 e. The van der Waals surface area contributed by atoms with Crippen LogP contribution in [0.3, 0.4) is 0 Å². The van der Waals surface area contributed by atoms with E-state index < -0.39 is 22.4 Å². The Morgan fingerprint density at radius 1 is 1.39 bits per heavy atom. The van der Waals surface area contributed by atoms with Crippen molar-refractivity contribution >= 4 is 9.84 Å². The van der Waals surface area contributed by atoms with Gasteiger partial charge in [-0.15, -0.1) is 0 Å². The maximum Gasteiger partial charge on any atom is 0.389 e. The van der Waals surface area contributed by atoms with Crippen molar-refractivity contribution in [2.24, 2.45) is 5.92 Å². The minimum Gasteiger partial charge on any atom is -0.317 e. The van der Waals surface area contributed by atoms with Gasteiger partial charge in [-0.2, -0.15) is 13.2 Å². The van der Waals surface area contributed by atoms with Crippen LogP contribution in [0.5, 0.6) is 0 Å². The first-order valence-corrected chi connectivity index (χ1v) is 7.98. The molecule has 2 atom stereocenters. The topological polar surface area (TPSA) is 46.2 Å². The largest absolute Gasteiger partial charge is 0.389 e. The van der Waals surface area contributed by atoms with Crippen molar-refractivity contribution < 1.29 is 21.6 Å². The van der Waals surface area contributed by atoms with E-state index in [1.54, 1.807) is 7.05 Å². The third kappa shape index (κ3) is 6.04. The molecule has 1 fully saturated rings. The third-order valence-electron chi connectivity index (χ3n) is 3.37. The molecule has 1 heterocycles. The van der Waals surface area contributed by atoms with E-state index in [0.29, 0.717) is 19.3 Å². The van der Waals surface area contributed by atoms with Crippen LogP contribution in [-0.2, 0) is 9.84 Å². The van der Waals surface area contributed by atoms with E-state index in [-0.39, 0.29) is 29.9 Å². The van der Waals surface area contributed by atoms with E-state index in [4.69, 9.17) is 0 Å². The van der Waals surface area contributed by atoms with Gasteiger partial charge in [-0.1, -0.05) is 0 Å². The first-order chi connectivity index (χ1) is 8.22. The Balaban J connectivity index is 2.30. The summed E-state index contributed by atoms with van der Waals surface area (Å²) in [6.45, 7) is 0. The molecule has 1 aliphatic rings. The van der Waals surface area contributed by atoms with Crippen molar-refractivity contribution in [3.63, 3.8) is 0 Å². The van der Waals surface area contributed by atoms with Crippen molar-refractivity contribution in [1.29, 1.82) is 0 Å². The Labute approximate surface area is 106 Å². The van der Waals surface area contributed by atoms with Gasteiger partial charge >= 0.3 is 6.18 Å². The van der Waals surface area contributed by atoms with Crippen LogP contribution < -0.4 is 5.32 Å². The Bertz CT molecular complexity index is 354. The van der Waals surface area contributed by atoms with E-state index in [2.05, 4.69) is 5.32 Å². The number of halogens is 3. The van der Waals surface area contributed by atoms with Gasteiger partial charge in [0.1, 0.15) is 0 Å². The highest BCUT2D eigenvalue weighted by Gasteiger charge is 2.30. The zero-order chi connectivity index (χ0) is 13.8. The SMILES string of the molecule is CNC(CCCC(F)(F)F)CC1CCS(=O)(=O)C1. The summed E-state index contributed by atoms with van der Waals surface area (Å²) in [7, 11) is -1.19. The normalized spacial score (nSPS) is 25.2. The lowest BCUT2D eigenvalue weighted by atomic mass is 9.96. The molecule has 0 amide bonds. The second kappa shape index (κ2) is 6.23. The maximum atomic E-state index is 12.0. The first-order valence-electron chi connectivity index (χ1n) is 6.16. The molecule has 3 nitrogen and oxygen atoms in total. The maximum absolute atomic E-state index is 12.0. The van der Waals surface area contributed by atoms with Crippen molar-refractivity contribution in [3.8, 4) is 0 Å². The summed E-state index contributed by atoms with van der Waals surface area (Å²) < 4.78 is 58.6. The molecule has 0 spiro atoms. The fraction of sp³-hybridized carbons (Fsp3) is 1.00. The Hall–Kier alpha value is -0.300. The van der Waals surface area contributed by atoms with E-state index in [1.807, 2.05) is 0 Å². The number of nitrogens with one attached hydrogen (secondary N) is 1. The predicted molar refractivity (Wildman–Crippen MR) is 64.1 cm³/mol. The van der Waals surface area contributed by atoms with Crippen LogP contribution >= 0.6 is 0 Å². The van der Waals surface area contributed by atoms with Crippen molar-refractivity contribution in [2.75, 3.05) is 18.6 Å². The molecule has 1 N–H and O–H groups in total. The lowest BCUT2D eigenvalue weighted by Crippen LogP contribution is -2.28. The van der Waals surface area contributed by atoms with Crippen LogP contribution in [0, 0.1) is 5.92 Å². The molecule has 0 saturated carbocycles. The molecule has 0 aromatic heterocycles. The van der Waals surface area contributed by atoms with Gasteiger partial charge < -0.3 is 5.32 Å². The fourth-order valence-corrected chi connectivity index (χ4v) is 4.27. The summed E-state index contributed by atoms with van der Waals surface area (Å²) in [6, 6.07) is -0.0225. The molecule has 0 aromatic carbocycles. The first kappa shape index (κ1) is 15.8. The monoisotopic (exact) mass is 287 g/mol. The predicted octanol–water partition coefficient (Wildman–Crippen LogP) is 2.13. The zero-order valence-corrected chi connectivity index (χ0v) is 11.3. The second-order valence-electron chi connectivity index (χ2n) is 5.00. The number of rotatable bonds is 6. The Morgan fingerprint density at radius 2 is 2.06 bits per heavy atom. The quantitative estimate of drug-likeness (QED) is 0.814. The van der Waals surface area contributed by atoms with E-state index in [0.717, 1.165) is 0 Å². The summed E-state index contributed by atoms with van der Waals surface area (Å²) >= 11 is 0. The summed E-state index contributed by atoms with van der Waals surface area (Å²) in [4.78, 5) is 0. The van der Waals surface area contributed by atoms with Crippen LogP contribution in [-0.4, -0.2) is 39.2 Å². The number of alkyl halides is 3. The highest BCUT2D eigenvalue weighted by atomic mass is 32.2. The van der Waals surface area contributed by atoms with Gasteiger partial charge in [-0.3, -0.25) is 0 Å². The summed E-state index contributed by atoms with van der Waals surface area (Å²) in [6.07, 6.45) is -3.06. The van der Waals surface area contributed by atoms with Gasteiger partial charge in [0, 0.05) is 12.5 Å². The Morgan fingerprint density at radius 3 is 2.50 bits per heavy atom. The molecule has 1 rings (SSSR count). The van der Waals surface area contributed by atoms with Crippen LogP contribution in [0.4, 0.5) is 13.2 Å². The molecular formula is C11H20F3NO2S. The molecule has 1 aliphatic heterocycles. The summed E-state index contributed by atoms with van der Waals surface area (Å²) in [5.41, 5.74) is 0. The van der Waals surface area contributed by atoms with Gasteiger partial charge in [-0.05, 0) is 38.6 Å². The minimum atomic E-state index is -4.10. The molecule has 0 aromatic rings. The highest BCUT2D eigenvalue weighted by Crippen LogP contribution is 2.26. The van der Waals surface area contributed by atoms with Crippen LogP contribution in [0.25, 0.3) is 0 Å². The van der Waals surface area contributed by atoms with Gasteiger partial charge in [0.2, 0.25) is 0 Å². The Kier molecular flexibility index (Phi) is 5.46. The minimum absolute atomic E-state index is 0.0225. The molecule has 108 valence electrons. The van der Waals surface area contributed by atoms with E-state index >= 15 is 0 Å². The van der Waals surface area contributed by atoms with Gasteiger partial charge in [0.25, 0.3) is 0 Å². The van der Waals surface area contributed by atoms with Gasteiger partial charge in [0.05, 0.1) is 11.5 Å². The average Bonchev–Trinajstić information content (AvgIpc) is 2.55. The molecular weight excluding hydrogens is 267 g/mol. The van der Waals surface area contributed by atoms with Crippen LogP contribution in [0.15, 0.2) is 0 Å². The molecule has 2 unspecified atom stereocenters. The standard InChI is InChI=1S/C11H20F3NO2S/c1-15-10(3-2-5-11(12,13)14)7-9-4-6-18(16,17)8-9/h9-10,15H,2-8H2,1H3. The number of hydrogen-bond donors (Lipinski definition) is 1. The third-order valence-corrected chi connectivity index (χ3v) is 5.20. The second-order valence-corrected chi connectivity index (χ2v) is 7.23. The summed E-state index contributed by atoms with van der Waals surface area (Å²) in [5, 5.41) is 2.98. The molecule has 18 heavy (non-hydrogen) atoms. The van der Waals surface area contributed by atoms with Crippen LogP contribution in [0.2, 0.25) is 0 Å². The molecule has 1 saturated heterocycles. The van der Waals surface area contributed by atoms with Crippen molar-refractivity contribution in [1.82, 2.24) is 5.32 Å². The number of sulfone groups is 1. The lowest BCUT2D eigenvalue weighted by Gasteiger charge is -2.19. The molecule has 0 aliphatic carbocycles. The lowest BCUT2D eigenvalue weighted by molar-refractivity contribution is -0.135. The van der Waals surface area contributed by atoms with Gasteiger partial charge in [-0.25, -0.2) is 8.42 Å². The van der Waals surface area contributed by atoms with Crippen molar-refractivity contribution in [3.05, 3.63) is 0 Å². The molecule has 0 bridgehead atoms. The van der Waals surface area contributed by atoms with Crippen molar-refractivity contribution in [2.45, 2.75) is 44.3 Å². The molecule has 0 radical (unpaired) electrons. The number of hydrogen-bond acceptors (Lipinski definition) is 3. The highest BCUT2D eigenvalue weighted by molar-refractivity contribution is 7.91. The zero-order valence-electron chi connectivity index (χ0n) is 10.5. The fourth-order valence-electron chi connectivity index (χ4n) is 2.39. The van der Waals surface area contributed by atoms with Crippen LogP contribution in [0.1, 0.15) is 32.1 Å². The average molecular weight is 287 g/mol. The van der Waals surface area contributed by atoms with E-state index in [9.17, 15) is 21.6 Å².